The van der Waals surface area contributed by atoms with E-state index in [1.165, 1.54) is 11.3 Å². The molecule has 0 radical (unpaired) electrons. The lowest BCUT2D eigenvalue weighted by atomic mass is 10.1. The van der Waals surface area contributed by atoms with Gasteiger partial charge in [0.25, 0.3) is 10.0 Å². The van der Waals surface area contributed by atoms with Crippen LogP contribution >= 0.6 is 11.3 Å². The molecule has 1 unspecified atom stereocenters. The van der Waals surface area contributed by atoms with Gasteiger partial charge in [-0.3, -0.25) is 4.98 Å². The first-order chi connectivity index (χ1) is 9.44. The van der Waals surface area contributed by atoms with E-state index in [1.54, 1.807) is 37.5 Å². The van der Waals surface area contributed by atoms with Gasteiger partial charge in [0, 0.05) is 29.9 Å². The molecule has 108 valence electrons. The molecule has 1 atom stereocenters. The fourth-order valence-corrected chi connectivity index (χ4v) is 4.55. The van der Waals surface area contributed by atoms with Crippen LogP contribution in [0.15, 0.2) is 34.8 Å². The van der Waals surface area contributed by atoms with Crippen LogP contribution in [0.5, 0.6) is 0 Å². The molecular weight excluding hydrogens is 294 g/mol. The maximum atomic E-state index is 12.3. The number of sulfonamides is 1. The van der Waals surface area contributed by atoms with Gasteiger partial charge < -0.3 is 5.73 Å². The molecule has 0 spiro atoms. The highest BCUT2D eigenvalue weighted by molar-refractivity contribution is 7.91. The van der Waals surface area contributed by atoms with Crippen LogP contribution in [-0.2, 0) is 16.6 Å². The van der Waals surface area contributed by atoms with E-state index in [0.717, 1.165) is 16.0 Å². The summed E-state index contributed by atoms with van der Waals surface area (Å²) in [6.45, 7) is 4.02. The molecule has 0 aliphatic carbocycles. The number of pyridine rings is 1. The second-order valence-electron chi connectivity index (χ2n) is 4.50. The smallest absolute Gasteiger partial charge is 0.250 e. The lowest BCUT2D eigenvalue weighted by Gasteiger charge is -2.13. The molecule has 0 fully saturated rings. The number of nitrogens with zero attached hydrogens (tertiary/aromatic N) is 1. The standard InChI is InChI=1S/C13H17N3O2S2/c1-9-7-13(19-12(9)8-14)20(17,18)16-10(2)11-3-5-15-6-4-11/h3-7,10,16H,8,14H2,1-2H3. The van der Waals surface area contributed by atoms with Crippen molar-refractivity contribution in [3.63, 3.8) is 0 Å². The van der Waals surface area contributed by atoms with Gasteiger partial charge in [0.05, 0.1) is 0 Å². The van der Waals surface area contributed by atoms with E-state index in [9.17, 15) is 8.42 Å². The van der Waals surface area contributed by atoms with Crippen molar-refractivity contribution in [2.45, 2.75) is 30.6 Å². The first-order valence-electron chi connectivity index (χ1n) is 6.15. The van der Waals surface area contributed by atoms with Crippen molar-refractivity contribution in [1.82, 2.24) is 9.71 Å². The number of hydrogen-bond donors (Lipinski definition) is 2. The Morgan fingerprint density at radius 1 is 1.40 bits per heavy atom. The monoisotopic (exact) mass is 311 g/mol. The van der Waals surface area contributed by atoms with E-state index in [-0.39, 0.29) is 6.04 Å². The molecule has 2 aromatic rings. The molecule has 7 heteroatoms. The molecule has 20 heavy (non-hydrogen) atoms. The number of thiophene rings is 1. The summed E-state index contributed by atoms with van der Waals surface area (Å²) in [6.07, 6.45) is 3.28. The molecule has 0 amide bonds. The Morgan fingerprint density at radius 3 is 2.60 bits per heavy atom. The van der Waals surface area contributed by atoms with E-state index in [4.69, 9.17) is 5.73 Å². The molecule has 0 aliphatic heterocycles. The molecule has 0 aliphatic rings. The Morgan fingerprint density at radius 2 is 2.05 bits per heavy atom. The summed E-state index contributed by atoms with van der Waals surface area (Å²) in [5.41, 5.74) is 7.37. The third-order valence-corrected chi connectivity index (χ3v) is 6.26. The third-order valence-electron chi connectivity index (χ3n) is 2.99. The molecule has 5 nitrogen and oxygen atoms in total. The normalized spacial score (nSPS) is 13.3. The summed E-state index contributed by atoms with van der Waals surface area (Å²) in [4.78, 5) is 4.81. The Balaban J connectivity index is 2.23. The minimum absolute atomic E-state index is 0.302. The summed E-state index contributed by atoms with van der Waals surface area (Å²) in [7, 11) is -3.53. The van der Waals surface area contributed by atoms with Crippen molar-refractivity contribution in [1.29, 1.82) is 0 Å². The molecule has 2 heterocycles. The van der Waals surface area contributed by atoms with Gasteiger partial charge >= 0.3 is 0 Å². The van der Waals surface area contributed by atoms with Crippen LogP contribution in [0.25, 0.3) is 0 Å². The maximum Gasteiger partial charge on any atom is 0.250 e. The zero-order chi connectivity index (χ0) is 14.8. The molecule has 0 aromatic carbocycles. The first kappa shape index (κ1) is 15.1. The fraction of sp³-hybridized carbons (Fsp3) is 0.308. The largest absolute Gasteiger partial charge is 0.326 e. The van der Waals surface area contributed by atoms with Crippen molar-refractivity contribution >= 4 is 21.4 Å². The summed E-state index contributed by atoms with van der Waals surface area (Å²) < 4.78 is 27.7. The number of rotatable bonds is 5. The highest BCUT2D eigenvalue weighted by Gasteiger charge is 2.21. The molecule has 3 N–H and O–H groups in total. The molecule has 0 saturated heterocycles. The average Bonchev–Trinajstić information content (AvgIpc) is 2.81. The van der Waals surface area contributed by atoms with Crippen molar-refractivity contribution in [3.8, 4) is 0 Å². The fourth-order valence-electron chi connectivity index (χ4n) is 1.83. The van der Waals surface area contributed by atoms with Gasteiger partial charge in [-0.1, -0.05) is 0 Å². The minimum Gasteiger partial charge on any atom is -0.326 e. The first-order valence-corrected chi connectivity index (χ1v) is 8.45. The van der Waals surface area contributed by atoms with Crippen LogP contribution in [0.2, 0.25) is 0 Å². The van der Waals surface area contributed by atoms with Crippen LogP contribution in [0.4, 0.5) is 0 Å². The van der Waals surface area contributed by atoms with Gasteiger partial charge in [0.15, 0.2) is 0 Å². The highest BCUT2D eigenvalue weighted by Crippen LogP contribution is 2.26. The van der Waals surface area contributed by atoms with Crippen LogP contribution in [-0.4, -0.2) is 13.4 Å². The number of aromatic nitrogens is 1. The SMILES string of the molecule is Cc1cc(S(=O)(=O)NC(C)c2ccncc2)sc1CN. The Bertz CT molecular complexity index is 681. The molecular formula is C13H17N3O2S2. The zero-order valence-electron chi connectivity index (χ0n) is 11.3. The van der Waals surface area contributed by atoms with Gasteiger partial charge in [0.2, 0.25) is 0 Å². The van der Waals surface area contributed by atoms with Gasteiger partial charge in [-0.25, -0.2) is 13.1 Å². The number of hydrogen-bond acceptors (Lipinski definition) is 5. The van der Waals surface area contributed by atoms with Crippen LogP contribution < -0.4 is 10.5 Å². The van der Waals surface area contributed by atoms with E-state index < -0.39 is 10.0 Å². The average molecular weight is 311 g/mol. The quantitative estimate of drug-likeness (QED) is 0.884. The lowest BCUT2D eigenvalue weighted by Crippen LogP contribution is -2.26. The summed E-state index contributed by atoms with van der Waals surface area (Å²) in [6, 6.07) is 4.93. The van der Waals surface area contributed by atoms with Crippen molar-refractivity contribution in [2.24, 2.45) is 5.73 Å². The second-order valence-corrected chi connectivity index (χ2v) is 7.58. The van der Waals surface area contributed by atoms with Gasteiger partial charge in [-0.15, -0.1) is 11.3 Å². The van der Waals surface area contributed by atoms with E-state index in [1.807, 2.05) is 6.92 Å². The number of nitrogens with two attached hydrogens (primary N) is 1. The van der Waals surface area contributed by atoms with Crippen molar-refractivity contribution < 1.29 is 8.42 Å². The van der Waals surface area contributed by atoms with Gasteiger partial charge in [-0.2, -0.15) is 0 Å². The van der Waals surface area contributed by atoms with Gasteiger partial charge in [0.1, 0.15) is 4.21 Å². The Labute approximate surface area is 122 Å². The Hall–Kier alpha value is -1.28. The molecule has 0 saturated carbocycles. The van der Waals surface area contributed by atoms with Crippen LogP contribution in [0.1, 0.15) is 29.0 Å². The van der Waals surface area contributed by atoms with Crippen molar-refractivity contribution in [3.05, 3.63) is 46.6 Å². The maximum absolute atomic E-state index is 12.3. The summed E-state index contributed by atoms with van der Waals surface area (Å²) >= 11 is 1.22. The predicted molar refractivity (Wildman–Crippen MR) is 79.9 cm³/mol. The summed E-state index contributed by atoms with van der Waals surface area (Å²) in [5, 5.41) is 0. The molecule has 2 aromatic heterocycles. The summed E-state index contributed by atoms with van der Waals surface area (Å²) in [5.74, 6) is 0. The predicted octanol–water partition coefficient (Wildman–Crippen LogP) is 1.95. The molecule has 0 bridgehead atoms. The zero-order valence-corrected chi connectivity index (χ0v) is 13.0. The lowest BCUT2D eigenvalue weighted by molar-refractivity contribution is 0.569. The van der Waals surface area contributed by atoms with Crippen LogP contribution in [0, 0.1) is 6.92 Å². The van der Waals surface area contributed by atoms with E-state index in [2.05, 4.69) is 9.71 Å². The highest BCUT2D eigenvalue weighted by atomic mass is 32.2. The Kier molecular flexibility index (Phi) is 4.54. The van der Waals surface area contributed by atoms with E-state index in [0.29, 0.717) is 10.8 Å². The second kappa shape index (κ2) is 6.01. The molecule has 2 rings (SSSR count). The number of nitrogens with one attached hydrogen (secondary N) is 1. The third kappa shape index (κ3) is 3.24. The van der Waals surface area contributed by atoms with Crippen molar-refractivity contribution in [2.75, 3.05) is 0 Å². The van der Waals surface area contributed by atoms with E-state index >= 15 is 0 Å². The number of aryl methyl sites for hydroxylation is 1. The minimum atomic E-state index is -3.53. The van der Waals surface area contributed by atoms with Crippen LogP contribution in [0.3, 0.4) is 0 Å². The van der Waals surface area contributed by atoms with Gasteiger partial charge in [-0.05, 0) is 43.2 Å². The topological polar surface area (TPSA) is 85.1 Å².